The fourth-order valence-corrected chi connectivity index (χ4v) is 0.763. The molecule has 0 aliphatic heterocycles. The number of hydrogen-bond acceptors (Lipinski definition) is 3. The fourth-order valence-electron chi connectivity index (χ4n) is 0.763. The van der Waals surface area contributed by atoms with Crippen molar-refractivity contribution in [3.63, 3.8) is 0 Å². The molecule has 0 aromatic rings. The van der Waals surface area contributed by atoms with Gasteiger partial charge >= 0.3 is 5.97 Å². The number of ether oxygens (including phenoxy) is 1. The van der Waals surface area contributed by atoms with Gasteiger partial charge in [0.1, 0.15) is 19.7 Å². The molecule has 0 rings (SSSR count). The Morgan fingerprint density at radius 3 is 1.47 bits per heavy atom. The normalized spacial score (nSPS) is 10.3. The molecule has 7 heteroatoms. The van der Waals surface area contributed by atoms with E-state index in [1.54, 1.807) is 0 Å². The van der Waals surface area contributed by atoms with Crippen LogP contribution in [-0.4, -0.2) is 88.6 Å². The third kappa shape index (κ3) is 38.1. The van der Waals surface area contributed by atoms with Crippen LogP contribution in [0.15, 0.2) is 0 Å². The molecule has 0 bridgehead atoms. The molecular formula is C12H30Cl2N2O3. The van der Waals surface area contributed by atoms with E-state index in [0.717, 1.165) is 22.1 Å². The zero-order chi connectivity index (χ0) is 14.1. The monoisotopic (exact) mass is 320 g/mol. The number of rotatable bonds is 5. The van der Waals surface area contributed by atoms with Crippen LogP contribution in [0.1, 0.15) is 6.92 Å². The lowest BCUT2D eigenvalue weighted by molar-refractivity contribution is -0.870. The lowest BCUT2D eigenvalue weighted by atomic mass is 10.5. The summed E-state index contributed by atoms with van der Waals surface area (Å²) in [4.78, 5) is 10.3. The molecule has 0 heterocycles. The summed E-state index contributed by atoms with van der Waals surface area (Å²) in [5, 5.41) is 8.39. The molecule has 0 atom stereocenters. The molecule has 0 aromatic carbocycles. The minimum Gasteiger partial charge on any atom is -1.00 e. The minimum atomic E-state index is -0.201. The van der Waals surface area contributed by atoms with Crippen molar-refractivity contribution in [1.82, 2.24) is 0 Å². The van der Waals surface area contributed by atoms with Crippen LogP contribution in [0, 0.1) is 0 Å². The number of halogens is 2. The minimum absolute atomic E-state index is 0. The highest BCUT2D eigenvalue weighted by atomic mass is 35.5. The van der Waals surface area contributed by atoms with E-state index < -0.39 is 0 Å². The first-order valence-electron chi connectivity index (χ1n) is 5.83. The lowest BCUT2D eigenvalue weighted by Gasteiger charge is -2.23. The van der Waals surface area contributed by atoms with Crippen LogP contribution in [0.4, 0.5) is 0 Å². The van der Waals surface area contributed by atoms with Crippen LogP contribution in [-0.2, 0) is 9.53 Å². The van der Waals surface area contributed by atoms with E-state index in [1.807, 2.05) is 0 Å². The number of hydrogen-bond donors (Lipinski definition) is 1. The standard InChI is InChI=1S/C7H16NO2.C5H14NO.2ClH/c1-7(9)10-6-5-8(2,3)4;1-6(2,3)4-5-7;;/h5-6H2,1-4H3;7H,4-5H2,1-3H3;2*1H/q2*+1;;/p-2. The van der Waals surface area contributed by atoms with Crippen LogP contribution in [0.2, 0.25) is 0 Å². The van der Waals surface area contributed by atoms with Gasteiger partial charge in [-0.25, -0.2) is 0 Å². The largest absolute Gasteiger partial charge is 1.00 e. The Bertz CT molecular complexity index is 214. The molecule has 19 heavy (non-hydrogen) atoms. The first-order chi connectivity index (χ1) is 7.48. The molecule has 0 fully saturated rings. The molecular weight excluding hydrogens is 291 g/mol. The quantitative estimate of drug-likeness (QED) is 0.405. The Balaban J connectivity index is -0.000000112. The van der Waals surface area contributed by atoms with Crippen molar-refractivity contribution in [1.29, 1.82) is 0 Å². The highest BCUT2D eigenvalue weighted by Crippen LogP contribution is 1.89. The topological polar surface area (TPSA) is 46.5 Å². The first-order valence-corrected chi connectivity index (χ1v) is 5.83. The number of carbonyl (C=O) groups is 1. The Morgan fingerprint density at radius 1 is 0.947 bits per heavy atom. The highest BCUT2D eigenvalue weighted by molar-refractivity contribution is 5.65. The van der Waals surface area contributed by atoms with Crippen molar-refractivity contribution < 1.29 is 48.4 Å². The Hall–Kier alpha value is -0.0700. The van der Waals surface area contributed by atoms with E-state index >= 15 is 0 Å². The maximum absolute atomic E-state index is 10.3. The van der Waals surface area contributed by atoms with E-state index in [0.29, 0.717) is 6.61 Å². The smallest absolute Gasteiger partial charge is 0.302 e. The molecule has 0 aromatic heterocycles. The van der Waals surface area contributed by atoms with Crippen molar-refractivity contribution in [2.75, 3.05) is 68.6 Å². The third-order valence-corrected chi connectivity index (χ3v) is 1.84. The van der Waals surface area contributed by atoms with Gasteiger partial charge < -0.3 is 43.6 Å². The van der Waals surface area contributed by atoms with Gasteiger partial charge in [0.2, 0.25) is 0 Å². The van der Waals surface area contributed by atoms with Gasteiger partial charge in [-0.05, 0) is 0 Å². The van der Waals surface area contributed by atoms with E-state index in [9.17, 15) is 4.79 Å². The van der Waals surface area contributed by atoms with Crippen LogP contribution < -0.4 is 24.8 Å². The number of quaternary nitrogens is 2. The summed E-state index contributed by atoms with van der Waals surface area (Å²) in [7, 11) is 12.3. The maximum Gasteiger partial charge on any atom is 0.302 e. The molecule has 0 radical (unpaired) electrons. The predicted molar refractivity (Wildman–Crippen MR) is 69.5 cm³/mol. The molecule has 1 N–H and O–H groups in total. The zero-order valence-electron chi connectivity index (χ0n) is 13.2. The van der Waals surface area contributed by atoms with Gasteiger partial charge in [-0.2, -0.15) is 0 Å². The Labute approximate surface area is 130 Å². The van der Waals surface area contributed by atoms with Crippen LogP contribution >= 0.6 is 0 Å². The summed E-state index contributed by atoms with van der Waals surface area (Å²) < 4.78 is 6.43. The van der Waals surface area contributed by atoms with Gasteiger partial charge in [-0.3, -0.25) is 4.79 Å². The van der Waals surface area contributed by atoms with Gasteiger partial charge in [-0.1, -0.05) is 0 Å². The molecule has 0 aliphatic rings. The van der Waals surface area contributed by atoms with Gasteiger partial charge in [0.25, 0.3) is 0 Å². The molecule has 0 amide bonds. The number of aliphatic hydroxyl groups is 1. The second-order valence-corrected chi connectivity index (χ2v) is 6.09. The van der Waals surface area contributed by atoms with Gasteiger partial charge in [0, 0.05) is 6.92 Å². The summed E-state index contributed by atoms with van der Waals surface area (Å²) in [5.41, 5.74) is 0. The van der Waals surface area contributed by atoms with Crippen molar-refractivity contribution in [3.05, 3.63) is 0 Å². The second kappa shape index (κ2) is 12.9. The molecule has 5 nitrogen and oxygen atoms in total. The maximum atomic E-state index is 10.3. The number of carbonyl (C=O) groups excluding carboxylic acids is 1. The molecule has 0 aliphatic carbocycles. The van der Waals surface area contributed by atoms with Crippen LogP contribution in [0.25, 0.3) is 0 Å². The van der Waals surface area contributed by atoms with E-state index in [2.05, 4.69) is 42.3 Å². The highest BCUT2D eigenvalue weighted by Gasteiger charge is 2.06. The number of nitrogens with zero attached hydrogens (tertiary/aromatic N) is 2. The average Bonchev–Trinajstić information content (AvgIpc) is 1.98. The lowest BCUT2D eigenvalue weighted by Crippen LogP contribution is -3.00. The second-order valence-electron chi connectivity index (χ2n) is 6.09. The first kappa shape index (κ1) is 27.3. The predicted octanol–water partition coefficient (Wildman–Crippen LogP) is -6.05. The summed E-state index contributed by atoms with van der Waals surface area (Å²) in [6.45, 7) is 3.91. The van der Waals surface area contributed by atoms with Gasteiger partial charge in [0.15, 0.2) is 0 Å². The molecule has 0 spiro atoms. The van der Waals surface area contributed by atoms with Crippen molar-refractivity contribution in [3.8, 4) is 0 Å². The SMILES string of the molecule is CC(=O)OCC[N+](C)(C)C.C[N+](C)(C)CCO.[Cl-].[Cl-]. The van der Waals surface area contributed by atoms with E-state index in [4.69, 9.17) is 9.84 Å². The molecule has 120 valence electrons. The summed E-state index contributed by atoms with van der Waals surface area (Å²) in [6, 6.07) is 0. The van der Waals surface area contributed by atoms with Crippen LogP contribution in [0.5, 0.6) is 0 Å². The van der Waals surface area contributed by atoms with Crippen LogP contribution in [0.3, 0.4) is 0 Å². The average molecular weight is 321 g/mol. The third-order valence-electron chi connectivity index (χ3n) is 1.84. The molecule has 0 saturated carbocycles. The number of aliphatic hydroxyl groups excluding tert-OH is 1. The van der Waals surface area contributed by atoms with E-state index in [1.165, 1.54) is 6.92 Å². The Kier molecular flexibility index (Phi) is 18.6. The zero-order valence-corrected chi connectivity index (χ0v) is 14.8. The van der Waals surface area contributed by atoms with E-state index in [-0.39, 0.29) is 37.4 Å². The molecule has 0 unspecified atom stereocenters. The summed E-state index contributed by atoms with van der Waals surface area (Å²) >= 11 is 0. The summed E-state index contributed by atoms with van der Waals surface area (Å²) in [5.74, 6) is -0.201. The molecule has 0 saturated heterocycles. The van der Waals surface area contributed by atoms with Crippen molar-refractivity contribution >= 4 is 5.97 Å². The number of likely N-dealkylation sites (N-methyl/N-ethyl adjacent to an activating group) is 2. The fraction of sp³-hybridized carbons (Fsp3) is 0.917. The Morgan fingerprint density at radius 2 is 1.32 bits per heavy atom. The van der Waals surface area contributed by atoms with Crippen molar-refractivity contribution in [2.24, 2.45) is 0 Å². The van der Waals surface area contributed by atoms with Crippen molar-refractivity contribution in [2.45, 2.75) is 6.92 Å². The number of esters is 1. The van der Waals surface area contributed by atoms with Gasteiger partial charge in [0.05, 0.1) is 48.9 Å². The van der Waals surface area contributed by atoms with Gasteiger partial charge in [-0.15, -0.1) is 0 Å². The summed E-state index contributed by atoms with van der Waals surface area (Å²) in [6.07, 6.45) is 0.